The third-order valence-corrected chi connectivity index (χ3v) is 2.06. The topological polar surface area (TPSA) is 83.6 Å². The summed E-state index contributed by atoms with van der Waals surface area (Å²) >= 11 is 0. The molecular weight excluding hydrogens is 178 g/mol. The maximum Gasteiger partial charge on any atom is 0.326 e. The molecule has 0 aromatic heterocycles. The molecule has 0 spiro atoms. The van der Waals surface area contributed by atoms with E-state index in [0.29, 0.717) is 19.3 Å². The van der Waals surface area contributed by atoms with E-state index in [1.54, 1.807) is 0 Å². The first-order valence-electron chi connectivity index (χ1n) is 3.28. The van der Waals surface area contributed by atoms with Crippen molar-refractivity contribution in [3.05, 3.63) is 0 Å². The Morgan fingerprint density at radius 3 is 2.25 bits per heavy atom. The highest BCUT2D eigenvalue weighted by Crippen LogP contribution is 2.27. The fourth-order valence-corrected chi connectivity index (χ4v) is 1.26. The summed E-state index contributed by atoms with van der Waals surface area (Å²) in [5.74, 6) is -1.10. The lowest BCUT2D eigenvalue weighted by Crippen LogP contribution is -2.53. The molecule has 4 N–H and O–H groups in total. The van der Waals surface area contributed by atoms with Crippen LogP contribution in [0.3, 0.4) is 0 Å². The molecule has 1 fully saturated rings. The van der Waals surface area contributed by atoms with Crippen LogP contribution in [0.1, 0.15) is 26.7 Å². The van der Waals surface area contributed by atoms with Crippen LogP contribution in [0.5, 0.6) is 0 Å². The van der Waals surface area contributed by atoms with Gasteiger partial charge in [0.2, 0.25) is 0 Å². The average Bonchev–Trinajstić information content (AvgIpc) is 2.15. The number of carbonyl (C=O) groups is 1. The third-order valence-electron chi connectivity index (χ3n) is 2.06. The number of aliphatic hydroxyl groups is 1. The lowest BCUT2D eigenvalue weighted by molar-refractivity contribution is -0.146. The van der Waals surface area contributed by atoms with Crippen molar-refractivity contribution >= 4 is 19.5 Å². The zero-order chi connectivity index (χ0) is 7.78. The smallest absolute Gasteiger partial charge is 0.326 e. The Bertz CT molecular complexity index is 165. The van der Waals surface area contributed by atoms with Crippen molar-refractivity contribution in [1.82, 2.24) is 0 Å². The SMILES string of the molecule is C.N[C@]1(C(=O)O)CCC[C@@H]1O.S. The molecule has 0 unspecified atom stereocenters. The predicted molar refractivity (Wildman–Crippen MR) is 51.5 cm³/mol. The largest absolute Gasteiger partial charge is 0.480 e. The molecular formula is C7H17NO3S. The van der Waals surface area contributed by atoms with Crippen LogP contribution in [-0.4, -0.2) is 27.8 Å². The fourth-order valence-electron chi connectivity index (χ4n) is 1.26. The molecule has 2 atom stereocenters. The van der Waals surface area contributed by atoms with Crippen LogP contribution in [0, 0.1) is 0 Å². The van der Waals surface area contributed by atoms with Gasteiger partial charge in [-0.1, -0.05) is 7.43 Å². The Morgan fingerprint density at radius 2 is 2.08 bits per heavy atom. The molecule has 0 heterocycles. The van der Waals surface area contributed by atoms with Crippen molar-refractivity contribution in [1.29, 1.82) is 0 Å². The summed E-state index contributed by atoms with van der Waals surface area (Å²) in [7, 11) is 0. The van der Waals surface area contributed by atoms with Gasteiger partial charge in [0.1, 0.15) is 5.54 Å². The maximum atomic E-state index is 10.4. The number of hydrogen-bond acceptors (Lipinski definition) is 3. The Hall–Kier alpha value is -0.260. The molecule has 0 amide bonds. The minimum Gasteiger partial charge on any atom is -0.480 e. The summed E-state index contributed by atoms with van der Waals surface area (Å²) in [6.45, 7) is 0. The molecule has 0 aromatic rings. The van der Waals surface area contributed by atoms with E-state index in [4.69, 9.17) is 15.9 Å². The van der Waals surface area contributed by atoms with Gasteiger partial charge >= 0.3 is 5.97 Å². The van der Waals surface area contributed by atoms with Crippen LogP contribution < -0.4 is 5.73 Å². The lowest BCUT2D eigenvalue weighted by Gasteiger charge is -2.21. The first kappa shape index (κ1) is 14.3. The van der Waals surface area contributed by atoms with E-state index >= 15 is 0 Å². The molecule has 1 aliphatic rings. The zero-order valence-corrected chi connectivity index (χ0v) is 7.08. The van der Waals surface area contributed by atoms with E-state index in [9.17, 15) is 4.79 Å². The Kier molecular flexibility index (Phi) is 5.58. The van der Waals surface area contributed by atoms with Crippen molar-refractivity contribution in [3.8, 4) is 0 Å². The van der Waals surface area contributed by atoms with E-state index in [1.807, 2.05) is 0 Å². The fraction of sp³-hybridized carbons (Fsp3) is 0.857. The summed E-state index contributed by atoms with van der Waals surface area (Å²) in [5, 5.41) is 17.7. The van der Waals surface area contributed by atoms with Crippen LogP contribution in [0.15, 0.2) is 0 Å². The molecule has 1 aliphatic carbocycles. The molecule has 0 bridgehead atoms. The third kappa shape index (κ3) is 2.12. The van der Waals surface area contributed by atoms with Gasteiger partial charge in [0.15, 0.2) is 0 Å². The molecule has 1 rings (SSSR count). The number of nitrogens with two attached hydrogens (primary N) is 1. The van der Waals surface area contributed by atoms with Crippen molar-refractivity contribution < 1.29 is 15.0 Å². The van der Waals surface area contributed by atoms with Crippen LogP contribution in [0.25, 0.3) is 0 Å². The van der Waals surface area contributed by atoms with Gasteiger partial charge in [0, 0.05) is 0 Å². The summed E-state index contributed by atoms with van der Waals surface area (Å²) < 4.78 is 0. The maximum absolute atomic E-state index is 10.4. The van der Waals surface area contributed by atoms with E-state index in [-0.39, 0.29) is 20.9 Å². The minimum atomic E-state index is -1.38. The van der Waals surface area contributed by atoms with Gasteiger partial charge in [-0.15, -0.1) is 0 Å². The first-order chi connectivity index (χ1) is 4.57. The number of hydrogen-bond donors (Lipinski definition) is 3. The highest BCUT2D eigenvalue weighted by Gasteiger charge is 2.45. The summed E-state index contributed by atoms with van der Waals surface area (Å²) in [6, 6.07) is 0. The summed E-state index contributed by atoms with van der Waals surface area (Å²) in [6.07, 6.45) is 0.709. The highest BCUT2D eigenvalue weighted by molar-refractivity contribution is 7.59. The van der Waals surface area contributed by atoms with Crippen LogP contribution in [0.2, 0.25) is 0 Å². The minimum absolute atomic E-state index is 0. The van der Waals surface area contributed by atoms with Crippen molar-refractivity contribution in [2.45, 2.75) is 38.3 Å². The highest BCUT2D eigenvalue weighted by atomic mass is 32.1. The predicted octanol–water partition coefficient (Wildman–Crippen LogP) is 0.0622. The second-order valence-electron chi connectivity index (χ2n) is 2.75. The molecule has 0 saturated heterocycles. The van der Waals surface area contributed by atoms with Gasteiger partial charge in [-0.2, -0.15) is 13.5 Å². The molecule has 74 valence electrons. The zero-order valence-electron chi connectivity index (χ0n) is 6.08. The second kappa shape index (κ2) is 4.69. The Labute approximate surface area is 79.2 Å². The number of aliphatic carboxylic acids is 1. The average molecular weight is 195 g/mol. The van der Waals surface area contributed by atoms with Gasteiger partial charge in [-0.3, -0.25) is 4.79 Å². The van der Waals surface area contributed by atoms with E-state index in [0.717, 1.165) is 0 Å². The van der Waals surface area contributed by atoms with E-state index in [2.05, 4.69) is 0 Å². The first-order valence-corrected chi connectivity index (χ1v) is 3.28. The van der Waals surface area contributed by atoms with Crippen LogP contribution >= 0.6 is 13.5 Å². The Balaban J connectivity index is 0. The number of aliphatic hydroxyl groups excluding tert-OH is 1. The lowest BCUT2D eigenvalue weighted by atomic mass is 9.97. The van der Waals surface area contributed by atoms with Crippen molar-refractivity contribution in [2.24, 2.45) is 5.73 Å². The summed E-state index contributed by atoms with van der Waals surface area (Å²) in [4.78, 5) is 10.4. The quantitative estimate of drug-likeness (QED) is 0.552. The molecule has 0 aliphatic heterocycles. The molecule has 12 heavy (non-hydrogen) atoms. The molecule has 5 heteroatoms. The van der Waals surface area contributed by atoms with Gasteiger partial charge in [0.25, 0.3) is 0 Å². The van der Waals surface area contributed by atoms with Gasteiger partial charge in [-0.05, 0) is 19.3 Å². The molecule has 4 nitrogen and oxygen atoms in total. The second-order valence-corrected chi connectivity index (χ2v) is 2.75. The normalized spacial score (nSPS) is 33.3. The van der Waals surface area contributed by atoms with E-state index < -0.39 is 17.6 Å². The number of carboxylic acids is 1. The van der Waals surface area contributed by atoms with Crippen LogP contribution in [0.4, 0.5) is 0 Å². The van der Waals surface area contributed by atoms with Gasteiger partial charge < -0.3 is 15.9 Å². The molecule has 0 radical (unpaired) electrons. The van der Waals surface area contributed by atoms with E-state index in [1.165, 1.54) is 0 Å². The molecule has 0 aromatic carbocycles. The number of carboxylic acid groups (broad SMARTS) is 1. The van der Waals surface area contributed by atoms with Gasteiger partial charge in [0.05, 0.1) is 6.10 Å². The standard InChI is InChI=1S/C6H11NO3.CH4.H2S/c7-6(5(9)10)3-1-2-4(6)8;;/h4,8H,1-3,7H2,(H,9,10);1H4;1H2/t4-,6+;;/m0../s1. The monoisotopic (exact) mass is 195 g/mol. The Morgan fingerprint density at radius 1 is 1.58 bits per heavy atom. The van der Waals surface area contributed by atoms with Crippen molar-refractivity contribution in [3.63, 3.8) is 0 Å². The van der Waals surface area contributed by atoms with Gasteiger partial charge in [-0.25, -0.2) is 0 Å². The van der Waals surface area contributed by atoms with Crippen molar-refractivity contribution in [2.75, 3.05) is 0 Å². The molecule has 1 saturated carbocycles. The number of rotatable bonds is 1. The van der Waals surface area contributed by atoms with Crippen LogP contribution in [-0.2, 0) is 4.79 Å². The summed E-state index contributed by atoms with van der Waals surface area (Å²) in [5.41, 5.74) is 4.02.